The Morgan fingerprint density at radius 2 is 1.79 bits per heavy atom. The van der Waals surface area contributed by atoms with Crippen molar-refractivity contribution in [3.05, 3.63) is 24.1 Å². The van der Waals surface area contributed by atoms with Crippen molar-refractivity contribution in [2.24, 2.45) is 23.2 Å². The first-order valence-electron chi connectivity index (χ1n) is 10.4. The van der Waals surface area contributed by atoms with Crippen LogP contribution in [0.15, 0.2) is 22.6 Å². The van der Waals surface area contributed by atoms with E-state index in [1.807, 2.05) is 6.07 Å². The van der Waals surface area contributed by atoms with Gasteiger partial charge < -0.3 is 15.1 Å². The Kier molecular flexibility index (Phi) is 4.18. The van der Waals surface area contributed by atoms with E-state index in [2.05, 4.69) is 15.6 Å². The quantitative estimate of drug-likeness (QED) is 0.825. The first-order valence-corrected chi connectivity index (χ1v) is 10.4. The number of carbonyl (C=O) groups excluding carboxylic acids is 2. The van der Waals surface area contributed by atoms with Gasteiger partial charge in [0.1, 0.15) is 5.52 Å². The number of anilines is 1. The van der Waals surface area contributed by atoms with Crippen LogP contribution in [0.1, 0.15) is 50.8 Å². The third-order valence-electron chi connectivity index (χ3n) is 6.93. The van der Waals surface area contributed by atoms with Crippen molar-refractivity contribution in [1.82, 2.24) is 10.3 Å². The van der Waals surface area contributed by atoms with Crippen LogP contribution in [-0.2, 0) is 9.59 Å². The molecule has 0 spiro atoms. The normalized spacial score (nSPS) is 30.5. The van der Waals surface area contributed by atoms with Gasteiger partial charge in [-0.05, 0) is 73.8 Å². The minimum absolute atomic E-state index is 0.00132. The zero-order chi connectivity index (χ0) is 19.3. The number of fused-ring (bicyclic) bond motifs is 1. The second-order valence-electron chi connectivity index (χ2n) is 9.33. The maximum atomic E-state index is 12.5. The summed E-state index contributed by atoms with van der Waals surface area (Å²) in [5, 5.41) is 5.65. The third kappa shape index (κ3) is 3.40. The first-order chi connectivity index (χ1) is 13.5. The molecule has 0 unspecified atom stereocenters. The maximum Gasteiger partial charge on any atom is 0.243 e. The summed E-state index contributed by atoms with van der Waals surface area (Å²) in [6.07, 6.45) is 8.31. The van der Waals surface area contributed by atoms with Gasteiger partial charge in [-0.15, -0.1) is 0 Å². The van der Waals surface area contributed by atoms with Gasteiger partial charge in [0.2, 0.25) is 11.8 Å². The highest BCUT2D eigenvalue weighted by Crippen LogP contribution is 2.61. The summed E-state index contributed by atoms with van der Waals surface area (Å²) in [7, 11) is 0. The zero-order valence-electron chi connectivity index (χ0n) is 16.3. The van der Waals surface area contributed by atoms with E-state index in [1.165, 1.54) is 38.5 Å². The number of nitrogens with zero attached hydrogens (tertiary/aromatic N) is 1. The van der Waals surface area contributed by atoms with Gasteiger partial charge >= 0.3 is 0 Å². The van der Waals surface area contributed by atoms with Crippen molar-refractivity contribution < 1.29 is 14.0 Å². The van der Waals surface area contributed by atoms with Crippen LogP contribution in [0.2, 0.25) is 0 Å². The molecule has 2 amide bonds. The third-order valence-corrected chi connectivity index (χ3v) is 6.93. The number of rotatable bonds is 5. The van der Waals surface area contributed by atoms with Crippen LogP contribution in [0.5, 0.6) is 0 Å². The number of aryl methyl sites for hydroxylation is 1. The van der Waals surface area contributed by atoms with Crippen molar-refractivity contribution in [2.75, 3.05) is 11.9 Å². The summed E-state index contributed by atoms with van der Waals surface area (Å²) < 4.78 is 5.49. The molecule has 6 rings (SSSR count). The smallest absolute Gasteiger partial charge is 0.243 e. The Morgan fingerprint density at radius 3 is 2.46 bits per heavy atom. The molecule has 1 aromatic heterocycles. The fraction of sp³-hybridized carbons (Fsp3) is 0.591. The average Bonchev–Trinajstić information content (AvgIpc) is 2.97. The highest BCUT2D eigenvalue weighted by molar-refractivity contribution is 5.95. The molecule has 2 N–H and O–H groups in total. The van der Waals surface area contributed by atoms with Crippen LogP contribution >= 0.6 is 0 Å². The molecule has 1 aromatic carbocycles. The highest BCUT2D eigenvalue weighted by Gasteiger charge is 2.51. The van der Waals surface area contributed by atoms with Gasteiger partial charge in [-0.2, -0.15) is 0 Å². The molecule has 6 heteroatoms. The van der Waals surface area contributed by atoms with E-state index in [4.69, 9.17) is 4.42 Å². The molecule has 28 heavy (non-hydrogen) atoms. The topological polar surface area (TPSA) is 84.2 Å². The van der Waals surface area contributed by atoms with Crippen LogP contribution in [0.3, 0.4) is 0 Å². The van der Waals surface area contributed by atoms with Crippen molar-refractivity contribution in [3.8, 4) is 0 Å². The number of hydrogen-bond donors (Lipinski definition) is 2. The number of benzene rings is 1. The minimum atomic E-state index is -0.227. The predicted molar refractivity (Wildman–Crippen MR) is 106 cm³/mol. The summed E-state index contributed by atoms with van der Waals surface area (Å²) in [6.45, 7) is 1.79. The second-order valence-corrected chi connectivity index (χ2v) is 9.33. The Hall–Kier alpha value is -2.37. The molecule has 4 fully saturated rings. The molecule has 4 aliphatic rings. The molecule has 0 radical (unpaired) electrons. The minimum Gasteiger partial charge on any atom is -0.441 e. The molecule has 4 saturated carbocycles. The lowest BCUT2D eigenvalue weighted by Gasteiger charge is -2.56. The van der Waals surface area contributed by atoms with Crippen LogP contribution in [-0.4, -0.2) is 23.3 Å². The van der Waals surface area contributed by atoms with Gasteiger partial charge in [0, 0.05) is 25.1 Å². The number of carbonyl (C=O) groups is 2. The van der Waals surface area contributed by atoms with Crippen molar-refractivity contribution in [1.29, 1.82) is 0 Å². The lowest BCUT2D eigenvalue weighted by molar-refractivity contribution is -0.131. The molecule has 6 nitrogen and oxygen atoms in total. The SMILES string of the molecule is Cc1nc2ccc(NC(=O)CNC(=O)CC34CC5CC(CC(C5)C3)C4)cc2o1. The molecule has 0 aliphatic heterocycles. The van der Waals surface area contributed by atoms with Crippen molar-refractivity contribution >= 4 is 28.6 Å². The van der Waals surface area contributed by atoms with Gasteiger partial charge in [-0.25, -0.2) is 4.98 Å². The fourth-order valence-corrected chi connectivity index (χ4v) is 6.41. The highest BCUT2D eigenvalue weighted by atomic mass is 16.3. The lowest BCUT2D eigenvalue weighted by Crippen LogP contribution is -2.48. The standard InChI is InChI=1S/C22H27N3O3/c1-13-24-18-3-2-17(7-19(18)28-13)25-21(27)12-23-20(26)11-22-8-14-4-15(9-22)6-16(5-14)10-22/h2-3,7,14-16H,4-6,8-12H2,1H3,(H,23,26)(H,25,27). The Bertz CT molecular complexity index is 897. The number of nitrogens with one attached hydrogen (secondary N) is 2. The van der Waals surface area contributed by atoms with Crippen LogP contribution in [0.25, 0.3) is 11.1 Å². The van der Waals surface area contributed by atoms with E-state index in [9.17, 15) is 9.59 Å². The largest absolute Gasteiger partial charge is 0.441 e. The van der Waals surface area contributed by atoms with Gasteiger partial charge in [0.15, 0.2) is 11.5 Å². The number of aromatic nitrogens is 1. The molecular formula is C22H27N3O3. The summed E-state index contributed by atoms with van der Waals surface area (Å²) >= 11 is 0. The van der Waals surface area contributed by atoms with Crippen LogP contribution in [0, 0.1) is 30.1 Å². The summed E-state index contributed by atoms with van der Waals surface area (Å²) in [6, 6.07) is 5.36. The number of amides is 2. The summed E-state index contributed by atoms with van der Waals surface area (Å²) in [5.74, 6) is 2.87. The van der Waals surface area contributed by atoms with E-state index < -0.39 is 0 Å². The fourth-order valence-electron chi connectivity index (χ4n) is 6.41. The van der Waals surface area contributed by atoms with Crippen molar-refractivity contribution in [3.63, 3.8) is 0 Å². The molecule has 1 heterocycles. The molecule has 148 valence electrons. The second kappa shape index (κ2) is 6.61. The van der Waals surface area contributed by atoms with E-state index in [1.54, 1.807) is 19.1 Å². The van der Waals surface area contributed by atoms with E-state index in [0.717, 1.165) is 23.3 Å². The molecule has 0 saturated heterocycles. The number of oxazole rings is 1. The summed E-state index contributed by atoms with van der Waals surface area (Å²) in [5.41, 5.74) is 2.24. The van der Waals surface area contributed by atoms with Gasteiger partial charge in [-0.1, -0.05) is 0 Å². The van der Waals surface area contributed by atoms with Gasteiger partial charge in [0.25, 0.3) is 0 Å². The van der Waals surface area contributed by atoms with Gasteiger partial charge in [-0.3, -0.25) is 9.59 Å². The van der Waals surface area contributed by atoms with Crippen LogP contribution in [0.4, 0.5) is 5.69 Å². The first kappa shape index (κ1) is 17.7. The average molecular weight is 381 g/mol. The molecule has 2 aromatic rings. The predicted octanol–water partition coefficient (Wildman–Crippen LogP) is 3.80. The number of hydrogen-bond acceptors (Lipinski definition) is 4. The summed E-state index contributed by atoms with van der Waals surface area (Å²) in [4.78, 5) is 29.0. The lowest BCUT2D eigenvalue weighted by atomic mass is 9.49. The monoisotopic (exact) mass is 381 g/mol. The van der Waals surface area contributed by atoms with Crippen LogP contribution < -0.4 is 10.6 Å². The van der Waals surface area contributed by atoms with Crippen molar-refractivity contribution in [2.45, 2.75) is 51.9 Å². The molecule has 4 bridgehead atoms. The molecule has 0 atom stereocenters. The van der Waals surface area contributed by atoms with E-state index in [0.29, 0.717) is 23.6 Å². The Labute approximate surface area is 164 Å². The molecule has 4 aliphatic carbocycles. The molecular weight excluding hydrogens is 354 g/mol. The van der Waals surface area contributed by atoms with Gasteiger partial charge in [0.05, 0.1) is 6.54 Å². The zero-order valence-corrected chi connectivity index (χ0v) is 16.3. The van der Waals surface area contributed by atoms with E-state index in [-0.39, 0.29) is 23.8 Å². The Balaban J connectivity index is 1.14. The Morgan fingerprint density at radius 1 is 1.11 bits per heavy atom. The van der Waals surface area contributed by atoms with E-state index >= 15 is 0 Å². The maximum absolute atomic E-state index is 12.5.